The van der Waals surface area contributed by atoms with Gasteiger partial charge in [0.25, 0.3) is 0 Å². The minimum absolute atomic E-state index is 0.130. The molecule has 162 valence electrons. The minimum Gasteiger partial charge on any atom is -0.422 e. The molecule has 0 unspecified atom stereocenters. The van der Waals surface area contributed by atoms with Gasteiger partial charge < -0.3 is 4.74 Å². The van der Waals surface area contributed by atoms with Crippen LogP contribution < -0.4 is 9.64 Å². The van der Waals surface area contributed by atoms with Crippen molar-refractivity contribution in [1.82, 2.24) is 0 Å². The molecule has 6 atom stereocenters. The largest absolute Gasteiger partial charge is 0.422 e. The average Bonchev–Trinajstić information content (AvgIpc) is 3.62. The Morgan fingerprint density at radius 3 is 2.24 bits per heavy atom. The maximum atomic E-state index is 13.4. The third kappa shape index (κ3) is 2.62. The van der Waals surface area contributed by atoms with Crippen LogP contribution in [0.15, 0.2) is 78.9 Å². The van der Waals surface area contributed by atoms with Crippen LogP contribution in [0.5, 0.6) is 5.75 Å². The zero-order valence-electron chi connectivity index (χ0n) is 17.8. The molecule has 2 amide bonds. The Morgan fingerprint density at radius 2 is 1.48 bits per heavy atom. The van der Waals surface area contributed by atoms with Crippen molar-refractivity contribution in [2.24, 2.45) is 35.5 Å². The highest BCUT2D eigenvalue weighted by Crippen LogP contribution is 2.65. The first-order valence-electron chi connectivity index (χ1n) is 11.5. The van der Waals surface area contributed by atoms with E-state index in [9.17, 15) is 14.4 Å². The van der Waals surface area contributed by atoms with Crippen molar-refractivity contribution in [2.45, 2.75) is 6.42 Å². The van der Waals surface area contributed by atoms with Gasteiger partial charge in [-0.05, 0) is 59.7 Å². The first kappa shape index (κ1) is 18.8. The number of hydrogen-bond donors (Lipinski definition) is 0. The van der Waals surface area contributed by atoms with Crippen molar-refractivity contribution in [3.05, 3.63) is 84.4 Å². The molecule has 3 fully saturated rings. The molecule has 2 saturated carbocycles. The van der Waals surface area contributed by atoms with Gasteiger partial charge in [0, 0.05) is 5.39 Å². The smallest absolute Gasteiger partial charge is 0.343 e. The predicted molar refractivity (Wildman–Crippen MR) is 123 cm³/mol. The zero-order valence-corrected chi connectivity index (χ0v) is 17.8. The van der Waals surface area contributed by atoms with E-state index in [-0.39, 0.29) is 35.5 Å². The van der Waals surface area contributed by atoms with Crippen molar-refractivity contribution < 1.29 is 19.1 Å². The van der Waals surface area contributed by atoms with Crippen LogP contribution in [-0.2, 0) is 9.59 Å². The van der Waals surface area contributed by atoms with Gasteiger partial charge in [-0.3, -0.25) is 9.59 Å². The molecule has 2 bridgehead atoms. The number of hydrogen-bond acceptors (Lipinski definition) is 4. The number of benzene rings is 3. The average molecular weight is 435 g/mol. The Morgan fingerprint density at radius 1 is 0.818 bits per heavy atom. The highest BCUT2D eigenvalue weighted by Gasteiger charge is 2.67. The molecule has 0 N–H and O–H groups in total. The molecule has 8 rings (SSSR count). The number of allylic oxidation sites excluding steroid dienone is 2. The van der Waals surface area contributed by atoms with Gasteiger partial charge in [-0.15, -0.1) is 0 Å². The summed E-state index contributed by atoms with van der Waals surface area (Å²) >= 11 is 0. The van der Waals surface area contributed by atoms with Gasteiger partial charge in [0.05, 0.1) is 23.1 Å². The molecule has 0 spiro atoms. The molecular weight excluding hydrogens is 414 g/mol. The molecule has 3 aromatic rings. The summed E-state index contributed by atoms with van der Waals surface area (Å²) in [5.41, 5.74) is 0.750. The van der Waals surface area contributed by atoms with Gasteiger partial charge >= 0.3 is 5.97 Å². The lowest BCUT2D eigenvalue weighted by atomic mass is 9.63. The van der Waals surface area contributed by atoms with E-state index in [0.29, 0.717) is 28.8 Å². The van der Waals surface area contributed by atoms with Crippen LogP contribution in [0.3, 0.4) is 0 Å². The van der Waals surface area contributed by atoms with Crippen LogP contribution in [0.4, 0.5) is 5.69 Å². The molecule has 0 radical (unpaired) electrons. The van der Waals surface area contributed by atoms with E-state index < -0.39 is 5.97 Å². The number of fused-ring (bicyclic) bond motifs is 1. The Balaban J connectivity index is 1.19. The van der Waals surface area contributed by atoms with Gasteiger partial charge in [0.1, 0.15) is 5.75 Å². The summed E-state index contributed by atoms with van der Waals surface area (Å²) < 4.78 is 5.71. The van der Waals surface area contributed by atoms with E-state index >= 15 is 0 Å². The summed E-state index contributed by atoms with van der Waals surface area (Å²) in [4.78, 5) is 41.0. The van der Waals surface area contributed by atoms with E-state index in [1.165, 1.54) is 4.90 Å². The van der Waals surface area contributed by atoms with Gasteiger partial charge in [-0.25, -0.2) is 9.69 Å². The summed E-state index contributed by atoms with van der Waals surface area (Å²) in [6.45, 7) is 0. The molecule has 1 saturated heterocycles. The Labute approximate surface area is 190 Å². The van der Waals surface area contributed by atoms with E-state index in [1.54, 1.807) is 30.3 Å². The Bertz CT molecular complexity index is 1350. The number of anilines is 1. The van der Waals surface area contributed by atoms with Gasteiger partial charge in [-0.2, -0.15) is 0 Å². The van der Waals surface area contributed by atoms with Gasteiger partial charge in [0.15, 0.2) is 0 Å². The lowest BCUT2D eigenvalue weighted by Crippen LogP contribution is -2.40. The van der Waals surface area contributed by atoms with E-state index in [4.69, 9.17) is 4.74 Å². The molecule has 5 aliphatic rings. The maximum Gasteiger partial charge on any atom is 0.343 e. The number of carbonyl (C=O) groups is 3. The molecule has 5 nitrogen and oxygen atoms in total. The third-order valence-electron chi connectivity index (χ3n) is 7.96. The zero-order chi connectivity index (χ0) is 22.3. The molecule has 1 heterocycles. The predicted octanol–water partition coefficient (Wildman–Crippen LogP) is 4.62. The van der Waals surface area contributed by atoms with Crippen LogP contribution in [0.2, 0.25) is 0 Å². The van der Waals surface area contributed by atoms with Crippen molar-refractivity contribution in [3.8, 4) is 5.75 Å². The lowest BCUT2D eigenvalue weighted by molar-refractivity contribution is -0.124. The fraction of sp³-hybridized carbons (Fsp3) is 0.250. The highest BCUT2D eigenvalue weighted by molar-refractivity contribution is 6.23. The number of carbonyl (C=O) groups excluding carboxylic acids is 3. The van der Waals surface area contributed by atoms with Crippen molar-refractivity contribution in [1.29, 1.82) is 0 Å². The summed E-state index contributed by atoms with van der Waals surface area (Å²) in [5.74, 6) is 0.628. The van der Waals surface area contributed by atoms with Gasteiger partial charge in [0.2, 0.25) is 11.8 Å². The van der Waals surface area contributed by atoms with E-state index in [2.05, 4.69) is 12.2 Å². The molecule has 33 heavy (non-hydrogen) atoms. The van der Waals surface area contributed by atoms with Crippen molar-refractivity contribution in [3.63, 3.8) is 0 Å². The fourth-order valence-electron chi connectivity index (χ4n) is 6.43. The van der Waals surface area contributed by atoms with Crippen LogP contribution >= 0.6 is 0 Å². The second-order valence-corrected chi connectivity index (χ2v) is 9.58. The van der Waals surface area contributed by atoms with Crippen molar-refractivity contribution in [2.75, 3.05) is 4.90 Å². The Hall–Kier alpha value is -3.73. The number of esters is 1. The first-order valence-corrected chi connectivity index (χ1v) is 11.5. The van der Waals surface area contributed by atoms with E-state index in [0.717, 1.165) is 17.2 Å². The first-order chi connectivity index (χ1) is 16.1. The van der Waals surface area contributed by atoms with E-state index in [1.807, 2.05) is 36.4 Å². The summed E-state index contributed by atoms with van der Waals surface area (Å²) in [7, 11) is 0. The quantitative estimate of drug-likeness (QED) is 0.261. The minimum atomic E-state index is -0.521. The van der Waals surface area contributed by atoms with Crippen LogP contribution in [0, 0.1) is 35.5 Å². The standard InChI is InChI=1S/C28H21NO4/c30-26-24-19-11-12-20(22-14-21(19)22)25(24)27(31)29(26)17-8-3-7-16(13-17)28(32)33-23-10-4-6-15-5-1-2-9-18(15)23/h1-13,19-22,24-25H,14H2/t19-,20-,21-,22+,24-,25+/m0/s1. The number of imide groups is 1. The molecule has 0 aromatic heterocycles. The number of nitrogens with zero attached hydrogens (tertiary/aromatic N) is 1. The molecule has 4 aliphatic carbocycles. The summed E-state index contributed by atoms with van der Waals surface area (Å²) in [6, 6.07) is 19.9. The molecular formula is C28H21NO4. The maximum absolute atomic E-state index is 13.4. The molecule has 3 aromatic carbocycles. The summed E-state index contributed by atoms with van der Waals surface area (Å²) in [5, 5.41) is 1.83. The van der Waals surface area contributed by atoms with Gasteiger partial charge in [-0.1, -0.05) is 54.6 Å². The number of ether oxygens (including phenoxy) is 1. The second kappa shape index (κ2) is 6.64. The second-order valence-electron chi connectivity index (χ2n) is 9.58. The third-order valence-corrected chi connectivity index (χ3v) is 7.96. The monoisotopic (exact) mass is 435 g/mol. The summed E-state index contributed by atoms with van der Waals surface area (Å²) in [6.07, 6.45) is 5.45. The molecule has 1 aliphatic heterocycles. The number of rotatable bonds is 3. The van der Waals surface area contributed by atoms with Crippen LogP contribution in [0.1, 0.15) is 16.8 Å². The molecule has 5 heteroatoms. The normalized spacial score (nSPS) is 31.0. The fourth-order valence-corrected chi connectivity index (χ4v) is 6.43. The van der Waals surface area contributed by atoms with Crippen LogP contribution in [0.25, 0.3) is 10.8 Å². The SMILES string of the molecule is O=C(Oc1cccc2ccccc12)c1cccc(N2C(=O)[C@@H]3[C@H]4C=C[C@@H]([C@@H]5C[C@H]45)[C@@H]3C2=O)c1. The lowest BCUT2D eigenvalue weighted by Gasteiger charge is -2.37. The highest BCUT2D eigenvalue weighted by atomic mass is 16.5. The van der Waals surface area contributed by atoms with Crippen LogP contribution in [-0.4, -0.2) is 17.8 Å². The van der Waals surface area contributed by atoms with Crippen molar-refractivity contribution >= 4 is 34.2 Å². The number of amides is 2. The Kier molecular flexibility index (Phi) is 3.78. The topological polar surface area (TPSA) is 63.7 Å².